The van der Waals surface area contributed by atoms with Crippen LogP contribution in [-0.2, 0) is 20.1 Å². The number of benzene rings is 6. The zero-order valence-electron chi connectivity index (χ0n) is 41.9. The molecule has 0 saturated heterocycles. The van der Waals surface area contributed by atoms with E-state index in [4.69, 9.17) is 14.4 Å². The Balaban J connectivity index is 0.000000263. The predicted octanol–water partition coefficient (Wildman–Crippen LogP) is 15.8. The molecule has 0 saturated carbocycles. The van der Waals surface area contributed by atoms with Crippen molar-refractivity contribution >= 4 is 68.0 Å². The summed E-state index contributed by atoms with van der Waals surface area (Å²) in [4.78, 5) is 19.6. The van der Waals surface area contributed by atoms with Crippen molar-refractivity contribution in [1.82, 2.24) is 24.5 Å². The van der Waals surface area contributed by atoms with Crippen LogP contribution in [0.1, 0.15) is 87.4 Å². The van der Waals surface area contributed by atoms with Gasteiger partial charge in [-0.2, -0.15) is 5.26 Å². The standard InChI is InChI=1S/C45H34N5O.C17H22NSi.Ir/c1-25(2)37-22-32(31-16-15-28-9-6-7-10-30(28)21-31)23-38(26(3)4)41(37)50-42-39(20-17-29-14-13-27(5)47-40(29)42)49-44(50)36-12-8-11-34-35-19-18-33(24-46)48-45(35)51-43(34)36;1-13(2)14-6-8-15(9-7-14)17-11-10-16(12-18-17)19(3,4)5;/h6-11,13-23,25-26H,1-5H3;6-8,10-13H,1-5H3;/q2*-1;. The number of aryl methyl sites for hydroxylation is 1. The van der Waals surface area contributed by atoms with Gasteiger partial charge in [-0.05, 0) is 105 Å². The van der Waals surface area contributed by atoms with E-state index >= 15 is 0 Å². The minimum absolute atomic E-state index is 0. The average molecular weight is 1120 g/mol. The van der Waals surface area contributed by atoms with E-state index in [1.54, 1.807) is 6.07 Å². The second-order valence-electron chi connectivity index (χ2n) is 20.3. The summed E-state index contributed by atoms with van der Waals surface area (Å²) in [7, 11) is -1.25. The molecule has 0 spiro atoms. The Morgan fingerprint density at radius 1 is 0.676 bits per heavy atom. The van der Waals surface area contributed by atoms with Crippen molar-refractivity contribution in [3.05, 3.63) is 180 Å². The van der Waals surface area contributed by atoms with Crippen LogP contribution in [0.4, 0.5) is 0 Å². The van der Waals surface area contributed by atoms with E-state index in [9.17, 15) is 5.26 Å². The molecule has 7 nitrogen and oxygen atoms in total. The molecule has 11 aromatic rings. The van der Waals surface area contributed by atoms with E-state index < -0.39 is 8.07 Å². The molecule has 1 radical (unpaired) electrons. The Kier molecular flexibility index (Phi) is 13.5. The summed E-state index contributed by atoms with van der Waals surface area (Å²) in [6, 6.07) is 55.6. The molecule has 0 aliphatic heterocycles. The summed E-state index contributed by atoms with van der Waals surface area (Å²) in [6.07, 6.45) is 2.03. The van der Waals surface area contributed by atoms with Crippen LogP contribution in [0.3, 0.4) is 0 Å². The normalized spacial score (nSPS) is 11.8. The molecule has 0 unspecified atom stereocenters. The summed E-state index contributed by atoms with van der Waals surface area (Å²) < 4.78 is 8.79. The molecule has 11 rings (SSSR count). The fraction of sp³-hybridized carbons (Fsp3) is 0.210. The monoisotopic (exact) mass is 1120 g/mol. The third-order valence-corrected chi connectivity index (χ3v) is 15.4. The van der Waals surface area contributed by atoms with Crippen LogP contribution in [0, 0.1) is 30.4 Å². The molecule has 5 heterocycles. The van der Waals surface area contributed by atoms with E-state index in [1.807, 2.05) is 31.3 Å². The third kappa shape index (κ3) is 9.36. The summed E-state index contributed by atoms with van der Waals surface area (Å²) >= 11 is 0. The van der Waals surface area contributed by atoms with E-state index in [-0.39, 0.29) is 31.9 Å². The molecule has 6 aromatic carbocycles. The zero-order valence-corrected chi connectivity index (χ0v) is 45.3. The predicted molar refractivity (Wildman–Crippen MR) is 292 cm³/mol. The van der Waals surface area contributed by atoms with Gasteiger partial charge in [-0.25, -0.2) is 4.98 Å². The van der Waals surface area contributed by atoms with Gasteiger partial charge < -0.3 is 14.0 Å². The first kappa shape index (κ1) is 48.9. The van der Waals surface area contributed by atoms with Gasteiger partial charge in [0.2, 0.25) is 5.71 Å². The van der Waals surface area contributed by atoms with Crippen LogP contribution in [0.15, 0.2) is 144 Å². The first-order chi connectivity index (χ1) is 33.7. The molecule has 0 aliphatic rings. The van der Waals surface area contributed by atoms with Crippen molar-refractivity contribution in [2.24, 2.45) is 0 Å². The second-order valence-corrected chi connectivity index (χ2v) is 25.4. The van der Waals surface area contributed by atoms with Gasteiger partial charge in [0.25, 0.3) is 0 Å². The molecule has 9 heteroatoms. The number of nitrogens with zero attached hydrogens (tertiary/aromatic N) is 6. The molecule has 0 atom stereocenters. The van der Waals surface area contributed by atoms with Gasteiger partial charge in [-0.3, -0.25) is 9.97 Å². The molecule has 0 N–H and O–H groups in total. The average Bonchev–Trinajstić information content (AvgIpc) is 3.94. The second kappa shape index (κ2) is 19.6. The molecule has 71 heavy (non-hydrogen) atoms. The summed E-state index contributed by atoms with van der Waals surface area (Å²) in [5.41, 5.74) is 15.0. The molecule has 5 aromatic heterocycles. The maximum absolute atomic E-state index is 9.55. The van der Waals surface area contributed by atoms with Crippen LogP contribution in [-0.4, -0.2) is 32.6 Å². The van der Waals surface area contributed by atoms with Crippen LogP contribution in [0.25, 0.3) is 94.2 Å². The quantitative estimate of drug-likeness (QED) is 0.111. The topological polar surface area (TPSA) is 93.4 Å². The van der Waals surface area contributed by atoms with Gasteiger partial charge in [0, 0.05) is 48.5 Å². The van der Waals surface area contributed by atoms with Crippen molar-refractivity contribution in [3.8, 4) is 45.5 Å². The van der Waals surface area contributed by atoms with Crippen molar-refractivity contribution in [2.75, 3.05) is 0 Å². The smallest absolute Gasteiger partial charge is 0.217 e. The maximum Gasteiger partial charge on any atom is 0.217 e. The number of rotatable bonds is 8. The number of pyridine rings is 3. The maximum atomic E-state index is 9.55. The molecular weight excluding hydrogens is 1070 g/mol. The number of hydrogen-bond donors (Lipinski definition) is 0. The van der Waals surface area contributed by atoms with Gasteiger partial charge in [-0.15, -0.1) is 53.6 Å². The van der Waals surface area contributed by atoms with E-state index in [2.05, 4.69) is 203 Å². The molecular formula is C62H56IrN6OSi-2. The number of furan rings is 1. The molecule has 355 valence electrons. The Morgan fingerprint density at radius 2 is 1.41 bits per heavy atom. The summed E-state index contributed by atoms with van der Waals surface area (Å²) in [5, 5.41) is 16.2. The minimum atomic E-state index is -1.25. The van der Waals surface area contributed by atoms with Gasteiger partial charge in [-0.1, -0.05) is 139 Å². The van der Waals surface area contributed by atoms with Crippen molar-refractivity contribution in [1.29, 1.82) is 5.26 Å². The Hall–Kier alpha value is -7.08. The first-order valence-corrected chi connectivity index (χ1v) is 27.8. The van der Waals surface area contributed by atoms with Crippen LogP contribution >= 0.6 is 0 Å². The minimum Gasteiger partial charge on any atom is -0.486 e. The van der Waals surface area contributed by atoms with Crippen LogP contribution < -0.4 is 5.19 Å². The number of fused-ring (bicyclic) bond motifs is 7. The fourth-order valence-electron chi connectivity index (χ4n) is 9.38. The molecule has 0 fully saturated rings. The Labute approximate surface area is 431 Å². The zero-order chi connectivity index (χ0) is 49.0. The van der Waals surface area contributed by atoms with Crippen molar-refractivity contribution in [3.63, 3.8) is 0 Å². The third-order valence-electron chi connectivity index (χ3n) is 13.4. The summed E-state index contributed by atoms with van der Waals surface area (Å²) in [6.45, 7) is 22.5. The van der Waals surface area contributed by atoms with E-state index in [0.29, 0.717) is 28.7 Å². The van der Waals surface area contributed by atoms with Crippen molar-refractivity contribution in [2.45, 2.75) is 85.9 Å². The Bertz CT molecular complexity index is 3790. The summed E-state index contributed by atoms with van der Waals surface area (Å²) in [5.74, 6) is 1.64. The Morgan fingerprint density at radius 3 is 2.07 bits per heavy atom. The SMILES string of the molecule is CC(C)c1c[c-]c(-c2ccc([Si](C)(C)C)cn2)cc1.Cc1ccc2ccc3nc(-c4[c-]ccc5c4oc4nc(C#N)ccc45)n(-c4c(C(C)C)cc(-c5ccc6ccccc6c5)cc4C(C)C)c3c2n1.[Ir]. The fourth-order valence-corrected chi connectivity index (χ4v) is 10.4. The van der Waals surface area contributed by atoms with Gasteiger partial charge in [0.15, 0.2) is 0 Å². The first-order valence-electron chi connectivity index (χ1n) is 24.3. The van der Waals surface area contributed by atoms with Crippen molar-refractivity contribution < 1.29 is 24.5 Å². The number of hydrogen-bond acceptors (Lipinski definition) is 6. The largest absolute Gasteiger partial charge is 0.486 e. The number of aromatic nitrogens is 5. The van der Waals surface area contributed by atoms with Gasteiger partial charge >= 0.3 is 0 Å². The number of nitriles is 1. The van der Waals surface area contributed by atoms with Gasteiger partial charge in [0.05, 0.1) is 36.0 Å². The molecule has 0 amide bonds. The molecule has 0 aliphatic carbocycles. The van der Waals surface area contributed by atoms with E-state index in [0.717, 1.165) is 60.9 Å². The van der Waals surface area contributed by atoms with Crippen LogP contribution in [0.5, 0.6) is 0 Å². The van der Waals surface area contributed by atoms with Crippen LogP contribution in [0.2, 0.25) is 19.6 Å². The van der Waals surface area contributed by atoms with E-state index in [1.165, 1.54) is 43.8 Å². The van der Waals surface area contributed by atoms with Gasteiger partial charge in [0.1, 0.15) is 11.8 Å². The number of imidazole rings is 1. The molecule has 0 bridgehead atoms.